The molecule has 0 aromatic carbocycles. The van der Waals surface area contributed by atoms with Crippen LogP contribution >= 0.6 is 0 Å². The Labute approximate surface area is 132 Å². The number of pyridine rings is 1. The number of rotatable bonds is 4. The molecule has 2 aliphatic rings. The molecule has 0 amide bonds. The zero-order valence-electron chi connectivity index (χ0n) is 13.3. The minimum atomic E-state index is -0.190. The van der Waals surface area contributed by atoms with Crippen molar-refractivity contribution in [3.63, 3.8) is 0 Å². The standard InChI is InChI=1S/C17H26N2O3/c1-2-21-16-5-3-4-14(18-16)13-19-9-7-17(8-10-19)12-15(20)6-11-22-17/h3-5,15,20H,2,6-13H2,1H3. The van der Waals surface area contributed by atoms with Crippen LogP contribution in [0.15, 0.2) is 18.2 Å². The third-order valence-electron chi connectivity index (χ3n) is 4.69. The third-order valence-corrected chi connectivity index (χ3v) is 4.69. The van der Waals surface area contributed by atoms with Gasteiger partial charge in [-0.3, -0.25) is 4.90 Å². The van der Waals surface area contributed by atoms with Crippen molar-refractivity contribution >= 4 is 0 Å². The zero-order valence-corrected chi connectivity index (χ0v) is 13.3. The molecule has 122 valence electrons. The van der Waals surface area contributed by atoms with Gasteiger partial charge in [-0.2, -0.15) is 0 Å². The van der Waals surface area contributed by atoms with Crippen LogP contribution < -0.4 is 4.74 Å². The monoisotopic (exact) mass is 306 g/mol. The lowest BCUT2D eigenvalue weighted by Gasteiger charge is -2.45. The lowest BCUT2D eigenvalue weighted by atomic mass is 9.83. The molecule has 1 aromatic heterocycles. The van der Waals surface area contributed by atoms with Gasteiger partial charge in [0, 0.05) is 38.7 Å². The Bertz CT molecular complexity index is 487. The first-order valence-corrected chi connectivity index (χ1v) is 8.32. The van der Waals surface area contributed by atoms with Gasteiger partial charge < -0.3 is 14.6 Å². The number of nitrogens with zero attached hydrogens (tertiary/aromatic N) is 2. The van der Waals surface area contributed by atoms with Crippen LogP contribution in [0, 0.1) is 0 Å². The van der Waals surface area contributed by atoms with Crippen LogP contribution in [0.25, 0.3) is 0 Å². The van der Waals surface area contributed by atoms with Crippen molar-refractivity contribution in [3.05, 3.63) is 23.9 Å². The normalized spacial score (nSPS) is 25.3. The van der Waals surface area contributed by atoms with E-state index in [9.17, 15) is 5.11 Å². The Hall–Kier alpha value is -1.17. The van der Waals surface area contributed by atoms with E-state index in [-0.39, 0.29) is 11.7 Å². The second-order valence-corrected chi connectivity index (χ2v) is 6.35. The number of likely N-dealkylation sites (tertiary alicyclic amines) is 1. The summed E-state index contributed by atoms with van der Waals surface area (Å²) in [5.74, 6) is 0.701. The van der Waals surface area contributed by atoms with Gasteiger partial charge in [-0.25, -0.2) is 4.98 Å². The lowest BCUT2D eigenvalue weighted by Crippen LogP contribution is -2.50. The van der Waals surface area contributed by atoms with Crippen molar-refractivity contribution in [2.75, 3.05) is 26.3 Å². The molecule has 22 heavy (non-hydrogen) atoms. The average molecular weight is 306 g/mol. The quantitative estimate of drug-likeness (QED) is 0.922. The Morgan fingerprint density at radius 3 is 2.95 bits per heavy atom. The molecular formula is C17H26N2O3. The highest BCUT2D eigenvalue weighted by molar-refractivity contribution is 5.15. The van der Waals surface area contributed by atoms with Crippen molar-refractivity contribution < 1.29 is 14.6 Å². The summed E-state index contributed by atoms with van der Waals surface area (Å²) in [6, 6.07) is 5.95. The molecule has 2 fully saturated rings. The highest BCUT2D eigenvalue weighted by atomic mass is 16.5. The van der Waals surface area contributed by atoms with E-state index in [1.807, 2.05) is 25.1 Å². The molecule has 3 rings (SSSR count). The SMILES string of the molecule is CCOc1cccc(CN2CCC3(CC2)CC(O)CCO3)n1. The number of aliphatic hydroxyl groups is 1. The maximum atomic E-state index is 9.89. The number of piperidine rings is 1. The Morgan fingerprint density at radius 2 is 2.23 bits per heavy atom. The maximum absolute atomic E-state index is 9.89. The van der Waals surface area contributed by atoms with Gasteiger partial charge in [0.2, 0.25) is 5.88 Å². The molecular weight excluding hydrogens is 280 g/mol. The summed E-state index contributed by atoms with van der Waals surface area (Å²) >= 11 is 0. The molecule has 3 heterocycles. The summed E-state index contributed by atoms with van der Waals surface area (Å²) in [4.78, 5) is 6.95. The fraction of sp³-hybridized carbons (Fsp3) is 0.706. The molecule has 1 aromatic rings. The van der Waals surface area contributed by atoms with Crippen molar-refractivity contribution in [1.29, 1.82) is 0 Å². The smallest absolute Gasteiger partial charge is 0.213 e. The molecule has 0 aliphatic carbocycles. The van der Waals surface area contributed by atoms with Crippen LogP contribution in [0.4, 0.5) is 0 Å². The second kappa shape index (κ2) is 6.94. The Kier molecular flexibility index (Phi) is 4.96. The van der Waals surface area contributed by atoms with Gasteiger partial charge in [-0.1, -0.05) is 6.07 Å². The molecule has 1 N–H and O–H groups in total. The topological polar surface area (TPSA) is 54.8 Å². The number of hydrogen-bond acceptors (Lipinski definition) is 5. The molecule has 5 heteroatoms. The summed E-state index contributed by atoms with van der Waals surface area (Å²) in [5.41, 5.74) is 0.959. The van der Waals surface area contributed by atoms with E-state index in [4.69, 9.17) is 9.47 Å². The first-order chi connectivity index (χ1) is 10.7. The number of ether oxygens (including phenoxy) is 2. The van der Waals surface area contributed by atoms with Crippen molar-refractivity contribution in [2.24, 2.45) is 0 Å². The molecule has 1 atom stereocenters. The van der Waals surface area contributed by atoms with E-state index < -0.39 is 0 Å². The van der Waals surface area contributed by atoms with Crippen LogP contribution in [0.3, 0.4) is 0 Å². The van der Waals surface area contributed by atoms with Crippen LogP contribution in [0.1, 0.15) is 38.3 Å². The fourth-order valence-electron chi connectivity index (χ4n) is 3.47. The second-order valence-electron chi connectivity index (χ2n) is 6.35. The fourth-order valence-corrected chi connectivity index (χ4v) is 3.47. The third kappa shape index (κ3) is 3.77. The summed E-state index contributed by atoms with van der Waals surface area (Å²) in [7, 11) is 0. The summed E-state index contributed by atoms with van der Waals surface area (Å²) in [6.45, 7) is 6.14. The molecule has 1 spiro atoms. The molecule has 2 saturated heterocycles. The summed E-state index contributed by atoms with van der Waals surface area (Å²) in [5, 5.41) is 9.89. The van der Waals surface area contributed by atoms with E-state index in [1.54, 1.807) is 0 Å². The largest absolute Gasteiger partial charge is 0.478 e. The van der Waals surface area contributed by atoms with Crippen molar-refractivity contribution in [1.82, 2.24) is 9.88 Å². The van der Waals surface area contributed by atoms with Gasteiger partial charge in [0.05, 0.1) is 24.0 Å². The molecule has 1 unspecified atom stereocenters. The molecule has 0 radical (unpaired) electrons. The van der Waals surface area contributed by atoms with Gasteiger partial charge in [0.1, 0.15) is 0 Å². The minimum Gasteiger partial charge on any atom is -0.478 e. The Balaban J connectivity index is 1.54. The predicted molar refractivity (Wildman–Crippen MR) is 83.8 cm³/mol. The van der Waals surface area contributed by atoms with Crippen molar-refractivity contribution in [2.45, 2.75) is 50.9 Å². The maximum Gasteiger partial charge on any atom is 0.213 e. The van der Waals surface area contributed by atoms with E-state index in [0.717, 1.165) is 51.0 Å². The predicted octanol–water partition coefficient (Wildman–Crippen LogP) is 1.99. The molecule has 5 nitrogen and oxygen atoms in total. The highest BCUT2D eigenvalue weighted by Crippen LogP contribution is 2.35. The summed E-state index contributed by atoms with van der Waals surface area (Å²) in [6.07, 6.45) is 3.37. The van der Waals surface area contributed by atoms with Crippen LogP contribution in [-0.2, 0) is 11.3 Å². The number of aliphatic hydroxyl groups excluding tert-OH is 1. The van der Waals surface area contributed by atoms with Crippen LogP contribution in [0.5, 0.6) is 5.88 Å². The first kappa shape index (κ1) is 15.7. The van der Waals surface area contributed by atoms with Gasteiger partial charge in [0.15, 0.2) is 0 Å². The van der Waals surface area contributed by atoms with Crippen molar-refractivity contribution in [3.8, 4) is 5.88 Å². The van der Waals surface area contributed by atoms with Crippen LogP contribution in [-0.4, -0.2) is 53.0 Å². The highest BCUT2D eigenvalue weighted by Gasteiger charge is 2.39. The molecule has 2 aliphatic heterocycles. The van der Waals surface area contributed by atoms with Gasteiger partial charge in [0.25, 0.3) is 0 Å². The van der Waals surface area contributed by atoms with E-state index in [1.165, 1.54) is 0 Å². The van der Waals surface area contributed by atoms with E-state index >= 15 is 0 Å². The molecule has 0 saturated carbocycles. The minimum absolute atomic E-state index is 0.0885. The van der Waals surface area contributed by atoms with E-state index in [2.05, 4.69) is 9.88 Å². The number of hydrogen-bond donors (Lipinski definition) is 1. The average Bonchev–Trinajstić information content (AvgIpc) is 2.51. The van der Waals surface area contributed by atoms with Gasteiger partial charge in [-0.15, -0.1) is 0 Å². The molecule has 0 bridgehead atoms. The lowest BCUT2D eigenvalue weighted by molar-refractivity contribution is -0.143. The van der Waals surface area contributed by atoms with Gasteiger partial charge in [-0.05, 0) is 32.3 Å². The summed E-state index contributed by atoms with van der Waals surface area (Å²) < 4.78 is 11.5. The van der Waals surface area contributed by atoms with Crippen LogP contribution in [0.2, 0.25) is 0 Å². The van der Waals surface area contributed by atoms with Gasteiger partial charge >= 0.3 is 0 Å². The Morgan fingerprint density at radius 1 is 1.41 bits per heavy atom. The van der Waals surface area contributed by atoms with E-state index in [0.29, 0.717) is 19.1 Å². The number of aromatic nitrogens is 1. The first-order valence-electron chi connectivity index (χ1n) is 8.32. The zero-order chi connectivity index (χ0) is 15.4.